The van der Waals surface area contributed by atoms with E-state index in [1.54, 1.807) is 19.2 Å². The van der Waals surface area contributed by atoms with Gasteiger partial charge in [0.05, 0.1) is 0 Å². The highest BCUT2D eigenvalue weighted by Crippen LogP contribution is 2.31. The molecular weight excluding hydrogens is 182 g/mol. The predicted molar refractivity (Wildman–Crippen MR) is 52.6 cm³/mol. The van der Waals surface area contributed by atoms with Gasteiger partial charge in [-0.15, -0.1) is 0 Å². The van der Waals surface area contributed by atoms with E-state index in [-0.39, 0.29) is 6.10 Å². The number of benzene rings is 1. The fourth-order valence-electron chi connectivity index (χ4n) is 1.31. The maximum atomic E-state index is 5.63. The van der Waals surface area contributed by atoms with E-state index in [4.69, 9.17) is 19.9 Å². The number of rotatable bonds is 1. The molecule has 1 aromatic carbocycles. The van der Waals surface area contributed by atoms with E-state index in [2.05, 4.69) is 0 Å². The summed E-state index contributed by atoms with van der Waals surface area (Å²) >= 11 is 0. The molecule has 14 heavy (non-hydrogen) atoms. The van der Waals surface area contributed by atoms with Crippen molar-refractivity contribution in [2.24, 2.45) is 0 Å². The molecule has 1 heterocycles. The van der Waals surface area contributed by atoms with Gasteiger partial charge in [-0.2, -0.15) is 0 Å². The molecule has 4 nitrogen and oxygen atoms in total. The van der Waals surface area contributed by atoms with Crippen molar-refractivity contribution in [2.45, 2.75) is 6.10 Å². The fraction of sp³-hybridized carbons (Fsp3) is 0.400. The van der Waals surface area contributed by atoms with Gasteiger partial charge in [-0.25, -0.2) is 0 Å². The third-order valence-electron chi connectivity index (χ3n) is 2.15. The maximum Gasteiger partial charge on any atom is 0.163 e. The van der Waals surface area contributed by atoms with Crippen LogP contribution in [-0.4, -0.2) is 26.4 Å². The number of nitrogens with two attached hydrogens (primary N) is 1. The summed E-state index contributed by atoms with van der Waals surface area (Å²) in [7, 11) is 1.64. The molecule has 0 radical (unpaired) electrons. The number of hydrogen-bond donors (Lipinski definition) is 1. The van der Waals surface area contributed by atoms with Crippen molar-refractivity contribution < 1.29 is 14.2 Å². The van der Waals surface area contributed by atoms with Crippen LogP contribution in [0.2, 0.25) is 0 Å². The van der Waals surface area contributed by atoms with Crippen molar-refractivity contribution in [3.8, 4) is 11.5 Å². The zero-order chi connectivity index (χ0) is 9.97. The molecule has 0 saturated carbocycles. The van der Waals surface area contributed by atoms with Crippen LogP contribution in [0.15, 0.2) is 18.2 Å². The Morgan fingerprint density at radius 1 is 1.29 bits per heavy atom. The molecule has 1 aromatic rings. The molecule has 0 saturated heterocycles. The second kappa shape index (κ2) is 3.75. The second-order valence-electron chi connectivity index (χ2n) is 3.19. The van der Waals surface area contributed by atoms with Crippen LogP contribution in [0.5, 0.6) is 11.5 Å². The first kappa shape index (κ1) is 9.15. The van der Waals surface area contributed by atoms with Crippen LogP contribution >= 0.6 is 0 Å². The molecule has 0 spiro atoms. The van der Waals surface area contributed by atoms with E-state index in [9.17, 15) is 0 Å². The SMILES string of the molecule is CO[C@H]1COc2ccc(N)cc2OC1. The monoisotopic (exact) mass is 195 g/mol. The number of hydrogen-bond acceptors (Lipinski definition) is 4. The quantitative estimate of drug-likeness (QED) is 0.681. The average Bonchev–Trinajstić information content (AvgIpc) is 2.39. The minimum absolute atomic E-state index is 0.0244. The van der Waals surface area contributed by atoms with Gasteiger partial charge >= 0.3 is 0 Å². The Morgan fingerprint density at radius 3 is 2.71 bits per heavy atom. The lowest BCUT2D eigenvalue weighted by atomic mass is 10.3. The van der Waals surface area contributed by atoms with Gasteiger partial charge in [0.1, 0.15) is 19.3 Å². The molecular formula is C10H13NO3. The first-order valence-corrected chi connectivity index (χ1v) is 4.47. The van der Waals surface area contributed by atoms with E-state index in [1.807, 2.05) is 6.07 Å². The molecule has 4 heteroatoms. The van der Waals surface area contributed by atoms with Gasteiger partial charge in [-0.1, -0.05) is 0 Å². The Kier molecular flexibility index (Phi) is 2.45. The van der Waals surface area contributed by atoms with Gasteiger partial charge in [0, 0.05) is 18.9 Å². The molecule has 1 aliphatic rings. The molecule has 0 aliphatic carbocycles. The third kappa shape index (κ3) is 1.75. The highest BCUT2D eigenvalue weighted by Gasteiger charge is 2.17. The average molecular weight is 195 g/mol. The molecule has 0 unspecified atom stereocenters. The molecule has 0 bridgehead atoms. The van der Waals surface area contributed by atoms with Crippen molar-refractivity contribution in [3.63, 3.8) is 0 Å². The zero-order valence-electron chi connectivity index (χ0n) is 8.03. The molecule has 0 aromatic heterocycles. The lowest BCUT2D eigenvalue weighted by Gasteiger charge is -2.09. The normalized spacial score (nSPS) is 20.2. The van der Waals surface area contributed by atoms with E-state index in [0.29, 0.717) is 24.7 Å². The first-order chi connectivity index (χ1) is 6.79. The Bertz CT molecular complexity index is 327. The fourth-order valence-corrected chi connectivity index (χ4v) is 1.31. The summed E-state index contributed by atoms with van der Waals surface area (Å²) in [5, 5.41) is 0. The molecule has 1 aliphatic heterocycles. The van der Waals surface area contributed by atoms with E-state index in [0.717, 1.165) is 5.75 Å². The number of fused-ring (bicyclic) bond motifs is 1. The molecule has 2 N–H and O–H groups in total. The van der Waals surface area contributed by atoms with Crippen molar-refractivity contribution in [2.75, 3.05) is 26.1 Å². The first-order valence-electron chi connectivity index (χ1n) is 4.47. The Labute approximate surface area is 82.6 Å². The largest absolute Gasteiger partial charge is 0.487 e. The summed E-state index contributed by atoms with van der Waals surface area (Å²) in [6.45, 7) is 1.00. The Hall–Kier alpha value is -1.42. The van der Waals surface area contributed by atoms with Crippen LogP contribution in [0.1, 0.15) is 0 Å². The van der Waals surface area contributed by atoms with Gasteiger partial charge < -0.3 is 19.9 Å². The third-order valence-corrected chi connectivity index (χ3v) is 2.15. The summed E-state index contributed by atoms with van der Waals surface area (Å²) in [4.78, 5) is 0. The van der Waals surface area contributed by atoms with E-state index in [1.165, 1.54) is 0 Å². The van der Waals surface area contributed by atoms with Crippen LogP contribution in [-0.2, 0) is 4.74 Å². The van der Waals surface area contributed by atoms with Crippen LogP contribution in [0, 0.1) is 0 Å². The standard InChI is InChI=1S/C10H13NO3/c1-12-8-5-13-9-3-2-7(11)4-10(9)14-6-8/h2-4,8H,5-6,11H2,1H3/t8-/m0/s1. The number of anilines is 1. The van der Waals surface area contributed by atoms with Crippen molar-refractivity contribution in [3.05, 3.63) is 18.2 Å². The second-order valence-corrected chi connectivity index (χ2v) is 3.19. The summed E-state index contributed by atoms with van der Waals surface area (Å²) in [5.41, 5.74) is 6.30. The Morgan fingerprint density at radius 2 is 2.00 bits per heavy atom. The summed E-state index contributed by atoms with van der Waals surface area (Å²) < 4.78 is 16.2. The molecule has 0 fully saturated rings. The smallest absolute Gasteiger partial charge is 0.163 e. The van der Waals surface area contributed by atoms with Crippen molar-refractivity contribution in [1.82, 2.24) is 0 Å². The van der Waals surface area contributed by atoms with Gasteiger partial charge in [0.2, 0.25) is 0 Å². The van der Waals surface area contributed by atoms with Crippen LogP contribution in [0.3, 0.4) is 0 Å². The lowest BCUT2D eigenvalue weighted by Crippen LogP contribution is -2.24. The van der Waals surface area contributed by atoms with Crippen molar-refractivity contribution >= 4 is 5.69 Å². The summed E-state index contributed by atoms with van der Waals surface area (Å²) in [5.74, 6) is 1.41. The van der Waals surface area contributed by atoms with E-state index < -0.39 is 0 Å². The molecule has 1 atom stereocenters. The van der Waals surface area contributed by atoms with Crippen LogP contribution in [0.4, 0.5) is 5.69 Å². The van der Waals surface area contributed by atoms with Crippen LogP contribution in [0.25, 0.3) is 0 Å². The minimum atomic E-state index is -0.0244. The van der Waals surface area contributed by atoms with Gasteiger partial charge in [0.25, 0.3) is 0 Å². The van der Waals surface area contributed by atoms with E-state index >= 15 is 0 Å². The molecule has 0 amide bonds. The van der Waals surface area contributed by atoms with Crippen molar-refractivity contribution in [1.29, 1.82) is 0 Å². The minimum Gasteiger partial charge on any atom is -0.487 e. The Balaban J connectivity index is 2.21. The molecule has 2 rings (SSSR count). The highest BCUT2D eigenvalue weighted by atomic mass is 16.6. The maximum absolute atomic E-state index is 5.63. The topological polar surface area (TPSA) is 53.7 Å². The highest BCUT2D eigenvalue weighted by molar-refractivity contribution is 5.52. The zero-order valence-corrected chi connectivity index (χ0v) is 8.03. The van der Waals surface area contributed by atoms with Gasteiger partial charge in [0.15, 0.2) is 11.5 Å². The van der Waals surface area contributed by atoms with Gasteiger partial charge in [-0.3, -0.25) is 0 Å². The van der Waals surface area contributed by atoms with Gasteiger partial charge in [-0.05, 0) is 12.1 Å². The number of methoxy groups -OCH3 is 1. The lowest BCUT2D eigenvalue weighted by molar-refractivity contribution is 0.0366. The predicted octanol–water partition coefficient (Wildman–Crippen LogP) is 1.05. The molecule has 76 valence electrons. The summed E-state index contributed by atoms with van der Waals surface area (Å²) in [6.07, 6.45) is -0.0244. The van der Waals surface area contributed by atoms with Crippen LogP contribution < -0.4 is 15.2 Å². The number of nitrogen functional groups attached to an aromatic ring is 1. The number of ether oxygens (including phenoxy) is 3. The summed E-state index contributed by atoms with van der Waals surface area (Å²) in [6, 6.07) is 5.35.